The van der Waals surface area contributed by atoms with Crippen LogP contribution in [0.5, 0.6) is 5.75 Å². The highest BCUT2D eigenvalue weighted by Crippen LogP contribution is 2.21. The molecule has 0 heterocycles. The predicted molar refractivity (Wildman–Crippen MR) is 70.7 cm³/mol. The van der Waals surface area contributed by atoms with Crippen molar-refractivity contribution in [1.82, 2.24) is 0 Å². The Morgan fingerprint density at radius 3 is 2.71 bits per heavy atom. The summed E-state index contributed by atoms with van der Waals surface area (Å²) in [6, 6.07) is 4.89. The van der Waals surface area contributed by atoms with Crippen LogP contribution in [0.15, 0.2) is 22.7 Å². The lowest BCUT2D eigenvalue weighted by Crippen LogP contribution is -2.00. The Hall–Kier alpha value is -1.03. The van der Waals surface area contributed by atoms with E-state index in [1.807, 2.05) is 0 Å². The molecule has 0 aliphatic rings. The first-order chi connectivity index (χ1) is 8.13. The number of aromatic carboxylic acids is 1. The van der Waals surface area contributed by atoms with Gasteiger partial charge >= 0.3 is 5.97 Å². The Balaban J connectivity index is 2.50. The number of unbranched alkanes of at least 4 members (excludes halogenated alkanes) is 3. The summed E-state index contributed by atoms with van der Waals surface area (Å²) in [5, 5.41) is 8.90. The van der Waals surface area contributed by atoms with Gasteiger partial charge in [-0.1, -0.05) is 42.1 Å². The second-order valence-corrected chi connectivity index (χ2v) is 4.81. The van der Waals surface area contributed by atoms with Crippen molar-refractivity contribution in [2.45, 2.75) is 32.6 Å². The fourth-order valence-corrected chi connectivity index (χ4v) is 1.96. The number of ether oxygens (including phenoxy) is 1. The summed E-state index contributed by atoms with van der Waals surface area (Å²) in [4.78, 5) is 10.8. The minimum absolute atomic E-state index is 0.239. The molecule has 0 saturated heterocycles. The largest absolute Gasteiger partial charge is 0.494 e. The smallest absolute Gasteiger partial charge is 0.335 e. The van der Waals surface area contributed by atoms with Crippen LogP contribution < -0.4 is 4.74 Å². The molecule has 0 bridgehead atoms. The number of carbonyl (C=O) groups is 1. The van der Waals surface area contributed by atoms with Crippen molar-refractivity contribution in [3.8, 4) is 5.75 Å². The van der Waals surface area contributed by atoms with Gasteiger partial charge in [0.25, 0.3) is 0 Å². The lowest BCUT2D eigenvalue weighted by Gasteiger charge is -2.07. The molecule has 0 atom stereocenters. The van der Waals surface area contributed by atoms with E-state index < -0.39 is 5.97 Å². The van der Waals surface area contributed by atoms with Crippen LogP contribution in [0.2, 0.25) is 0 Å². The van der Waals surface area contributed by atoms with Crippen molar-refractivity contribution in [3.05, 3.63) is 28.2 Å². The van der Waals surface area contributed by atoms with E-state index in [0.29, 0.717) is 12.4 Å². The van der Waals surface area contributed by atoms with Gasteiger partial charge in [-0.3, -0.25) is 0 Å². The summed E-state index contributed by atoms with van der Waals surface area (Å²) in [6.07, 6.45) is 4.56. The maximum atomic E-state index is 10.8. The Morgan fingerprint density at radius 1 is 1.29 bits per heavy atom. The van der Waals surface area contributed by atoms with E-state index in [1.54, 1.807) is 18.2 Å². The second-order valence-electron chi connectivity index (χ2n) is 3.89. The average Bonchev–Trinajstić information content (AvgIpc) is 2.28. The third kappa shape index (κ3) is 5.22. The summed E-state index contributed by atoms with van der Waals surface area (Å²) < 4.78 is 6.25. The number of benzene rings is 1. The van der Waals surface area contributed by atoms with Crippen molar-refractivity contribution in [2.75, 3.05) is 6.61 Å². The number of rotatable bonds is 7. The zero-order valence-corrected chi connectivity index (χ0v) is 11.5. The number of halogens is 1. The SMILES string of the molecule is CCCCCCOc1cc(Br)cc(C(=O)O)c1. The van der Waals surface area contributed by atoms with E-state index in [0.717, 1.165) is 17.3 Å². The highest BCUT2D eigenvalue weighted by atomic mass is 79.9. The zero-order chi connectivity index (χ0) is 12.7. The van der Waals surface area contributed by atoms with Gasteiger partial charge in [-0.2, -0.15) is 0 Å². The molecule has 1 aromatic rings. The van der Waals surface area contributed by atoms with Gasteiger partial charge in [0.2, 0.25) is 0 Å². The van der Waals surface area contributed by atoms with Crippen LogP contribution >= 0.6 is 15.9 Å². The van der Waals surface area contributed by atoms with Gasteiger partial charge in [-0.25, -0.2) is 4.79 Å². The molecule has 0 aromatic heterocycles. The Morgan fingerprint density at radius 2 is 2.06 bits per heavy atom. The maximum Gasteiger partial charge on any atom is 0.335 e. The molecule has 0 unspecified atom stereocenters. The van der Waals surface area contributed by atoms with Crippen LogP contribution in [0.4, 0.5) is 0 Å². The molecule has 1 N–H and O–H groups in total. The maximum absolute atomic E-state index is 10.8. The first-order valence-corrected chi connectivity index (χ1v) is 6.59. The topological polar surface area (TPSA) is 46.5 Å². The number of carboxylic acid groups (broad SMARTS) is 1. The third-order valence-electron chi connectivity index (χ3n) is 2.38. The van der Waals surface area contributed by atoms with Gasteiger partial charge in [0.15, 0.2) is 0 Å². The molecule has 0 amide bonds. The van der Waals surface area contributed by atoms with Crippen LogP contribution in [0.3, 0.4) is 0 Å². The highest BCUT2D eigenvalue weighted by Gasteiger charge is 2.06. The molecule has 0 radical (unpaired) electrons. The highest BCUT2D eigenvalue weighted by molar-refractivity contribution is 9.10. The van der Waals surface area contributed by atoms with Gasteiger partial charge < -0.3 is 9.84 Å². The molecule has 0 fully saturated rings. The predicted octanol–water partition coefficient (Wildman–Crippen LogP) is 4.11. The summed E-state index contributed by atoms with van der Waals surface area (Å²) >= 11 is 3.27. The molecule has 3 nitrogen and oxygen atoms in total. The summed E-state index contributed by atoms with van der Waals surface area (Å²) in [5.74, 6) is -0.338. The fraction of sp³-hybridized carbons (Fsp3) is 0.462. The van der Waals surface area contributed by atoms with Crippen molar-refractivity contribution in [2.24, 2.45) is 0 Å². The van der Waals surface area contributed by atoms with Gasteiger partial charge in [0.1, 0.15) is 5.75 Å². The van der Waals surface area contributed by atoms with E-state index in [1.165, 1.54) is 12.8 Å². The van der Waals surface area contributed by atoms with Crippen molar-refractivity contribution < 1.29 is 14.6 Å². The molecule has 0 aliphatic carbocycles. The van der Waals surface area contributed by atoms with Crippen LogP contribution in [-0.2, 0) is 0 Å². The Kier molecular flexibility index (Phi) is 6.05. The quantitative estimate of drug-likeness (QED) is 0.771. The molecule has 4 heteroatoms. The first-order valence-electron chi connectivity index (χ1n) is 5.80. The molecular formula is C13H17BrO3. The van der Waals surface area contributed by atoms with Crippen molar-refractivity contribution in [3.63, 3.8) is 0 Å². The van der Waals surface area contributed by atoms with Gasteiger partial charge in [0.05, 0.1) is 12.2 Å². The lowest BCUT2D eigenvalue weighted by atomic mass is 10.2. The molecule has 1 aromatic carbocycles. The first kappa shape index (κ1) is 14.0. The van der Waals surface area contributed by atoms with Crippen molar-refractivity contribution >= 4 is 21.9 Å². The van der Waals surface area contributed by atoms with Gasteiger partial charge in [0, 0.05) is 4.47 Å². The Labute approximate surface area is 110 Å². The zero-order valence-electron chi connectivity index (χ0n) is 9.91. The minimum atomic E-state index is -0.942. The molecule has 0 saturated carbocycles. The molecule has 94 valence electrons. The number of hydrogen-bond acceptors (Lipinski definition) is 2. The van der Waals surface area contributed by atoms with Gasteiger partial charge in [-0.15, -0.1) is 0 Å². The Bertz CT molecular complexity index is 377. The molecule has 1 rings (SSSR count). The summed E-state index contributed by atoms with van der Waals surface area (Å²) in [6.45, 7) is 2.80. The normalized spacial score (nSPS) is 10.2. The van der Waals surface area contributed by atoms with Crippen LogP contribution in [0.25, 0.3) is 0 Å². The molecular weight excluding hydrogens is 284 g/mol. The van der Waals surface area contributed by atoms with E-state index in [-0.39, 0.29) is 5.56 Å². The van der Waals surface area contributed by atoms with Crippen LogP contribution in [-0.4, -0.2) is 17.7 Å². The van der Waals surface area contributed by atoms with E-state index >= 15 is 0 Å². The van der Waals surface area contributed by atoms with Crippen LogP contribution in [0.1, 0.15) is 43.0 Å². The van der Waals surface area contributed by atoms with E-state index in [9.17, 15) is 4.79 Å². The van der Waals surface area contributed by atoms with Crippen LogP contribution in [0, 0.1) is 0 Å². The fourth-order valence-electron chi connectivity index (χ4n) is 1.49. The molecule has 17 heavy (non-hydrogen) atoms. The van der Waals surface area contributed by atoms with E-state index in [2.05, 4.69) is 22.9 Å². The summed E-state index contributed by atoms with van der Waals surface area (Å²) in [7, 11) is 0. The van der Waals surface area contributed by atoms with Crippen molar-refractivity contribution in [1.29, 1.82) is 0 Å². The summed E-state index contributed by atoms with van der Waals surface area (Å²) in [5.41, 5.74) is 0.239. The van der Waals surface area contributed by atoms with Gasteiger partial charge in [-0.05, 0) is 24.6 Å². The van der Waals surface area contributed by atoms with E-state index in [4.69, 9.17) is 9.84 Å². The average molecular weight is 301 g/mol. The number of carboxylic acids is 1. The minimum Gasteiger partial charge on any atom is -0.494 e. The molecule has 0 spiro atoms. The number of hydrogen-bond donors (Lipinski definition) is 1. The molecule has 0 aliphatic heterocycles. The lowest BCUT2D eigenvalue weighted by molar-refractivity contribution is 0.0696. The second kappa shape index (κ2) is 7.33. The monoisotopic (exact) mass is 300 g/mol. The third-order valence-corrected chi connectivity index (χ3v) is 2.84. The standard InChI is InChI=1S/C13H17BrO3/c1-2-3-4-5-6-17-12-8-10(13(15)16)7-11(14)9-12/h7-9H,2-6H2,1H3,(H,15,16).